The molecule has 1 aliphatic carbocycles. The maximum Gasteiger partial charge on any atom is 0.219 e. The first-order valence-electron chi connectivity index (χ1n) is 14.8. The minimum Gasteiger partial charge on any atom is -0.338 e. The van der Waals surface area contributed by atoms with Crippen molar-refractivity contribution in [1.29, 1.82) is 0 Å². The Kier molecular flexibility index (Phi) is 6.44. The van der Waals surface area contributed by atoms with Crippen LogP contribution in [0.25, 0.3) is 22.0 Å². The van der Waals surface area contributed by atoms with Crippen LogP contribution in [0.1, 0.15) is 74.4 Å². The van der Waals surface area contributed by atoms with Crippen LogP contribution in [0.4, 0.5) is 0 Å². The summed E-state index contributed by atoms with van der Waals surface area (Å²) in [7, 11) is 0. The van der Waals surface area contributed by atoms with Gasteiger partial charge in [-0.05, 0) is 69.0 Å². The summed E-state index contributed by atoms with van der Waals surface area (Å²) in [5.41, 5.74) is 6.01. The van der Waals surface area contributed by atoms with E-state index in [4.69, 9.17) is 10.1 Å². The Bertz CT molecular complexity index is 1330. The maximum atomic E-state index is 12.4. The number of fused-ring (bicyclic) bond motifs is 2. The lowest BCUT2D eigenvalue weighted by atomic mass is 9.95. The van der Waals surface area contributed by atoms with Gasteiger partial charge in [-0.25, -0.2) is 0 Å². The van der Waals surface area contributed by atoms with Crippen molar-refractivity contribution in [1.82, 2.24) is 29.9 Å². The molecule has 7 nitrogen and oxygen atoms in total. The molecule has 1 amide bonds. The topological polar surface area (TPSA) is 66.3 Å². The number of nitrogens with zero attached hydrogens (tertiary/aromatic N) is 5. The molecular weight excluding hydrogens is 472 g/mol. The van der Waals surface area contributed by atoms with Crippen LogP contribution < -0.4 is 5.32 Å². The summed E-state index contributed by atoms with van der Waals surface area (Å²) >= 11 is 0. The largest absolute Gasteiger partial charge is 0.338 e. The van der Waals surface area contributed by atoms with Gasteiger partial charge in [-0.2, -0.15) is 5.10 Å². The van der Waals surface area contributed by atoms with Gasteiger partial charge in [0.15, 0.2) is 0 Å². The van der Waals surface area contributed by atoms with Crippen molar-refractivity contribution in [2.24, 2.45) is 5.92 Å². The molecule has 1 N–H and O–H groups in total. The summed E-state index contributed by atoms with van der Waals surface area (Å²) in [5, 5.41) is 11.3. The number of piperidine rings is 2. The van der Waals surface area contributed by atoms with Crippen molar-refractivity contribution < 1.29 is 4.79 Å². The molecule has 2 aromatic heterocycles. The second kappa shape index (κ2) is 10.1. The molecule has 7 rings (SSSR count). The minimum absolute atomic E-state index is 0.147. The van der Waals surface area contributed by atoms with Crippen LogP contribution in [-0.4, -0.2) is 69.7 Å². The summed E-state index contributed by atoms with van der Waals surface area (Å²) < 4.78 is 2.37. The van der Waals surface area contributed by atoms with Gasteiger partial charge in [0, 0.05) is 86.1 Å². The lowest BCUT2D eigenvalue weighted by Gasteiger charge is -2.36. The van der Waals surface area contributed by atoms with Crippen LogP contribution in [0.2, 0.25) is 0 Å². The van der Waals surface area contributed by atoms with Crippen molar-refractivity contribution >= 4 is 16.7 Å². The standard InChI is InChI=1S/C31H40N6O/c1-21(38)36-16-11-30-28(20-36)31(26-4-2-3-24-17-29(23-5-6-23)33-18-27(24)26)34-37(30)25-9-14-35(15-10-25)19-22-7-12-32-13-8-22/h2-4,17-18,22-23,25,32H,5-16,19-20H2,1H3. The molecule has 1 aromatic carbocycles. The zero-order valence-corrected chi connectivity index (χ0v) is 22.7. The third-order valence-electron chi connectivity index (χ3n) is 9.45. The third kappa shape index (κ3) is 4.64. The highest BCUT2D eigenvalue weighted by atomic mass is 16.2. The van der Waals surface area contributed by atoms with Gasteiger partial charge in [0.25, 0.3) is 0 Å². The Morgan fingerprint density at radius 2 is 1.87 bits per heavy atom. The summed E-state index contributed by atoms with van der Waals surface area (Å²) in [6, 6.07) is 9.27. The highest BCUT2D eigenvalue weighted by Gasteiger charge is 2.32. The fourth-order valence-electron chi connectivity index (χ4n) is 7.01. The molecule has 0 spiro atoms. The number of hydrogen-bond donors (Lipinski definition) is 1. The summed E-state index contributed by atoms with van der Waals surface area (Å²) in [6.07, 6.45) is 10.4. The fraction of sp³-hybridized carbons (Fsp3) is 0.581. The minimum atomic E-state index is 0.147. The number of benzene rings is 1. The van der Waals surface area contributed by atoms with E-state index >= 15 is 0 Å². The third-order valence-corrected chi connectivity index (χ3v) is 9.45. The average Bonchev–Trinajstić information content (AvgIpc) is 3.74. The van der Waals surface area contributed by atoms with Crippen LogP contribution in [0, 0.1) is 5.92 Å². The SMILES string of the molecule is CC(=O)N1CCc2c(c(-c3cccc4cc(C5CC5)ncc34)nn2C2CCN(CC3CCNCC3)CC2)C1. The molecule has 5 heterocycles. The van der Waals surface area contributed by atoms with Crippen molar-refractivity contribution in [3.8, 4) is 11.3 Å². The number of carbonyl (C=O) groups is 1. The lowest BCUT2D eigenvalue weighted by molar-refractivity contribution is -0.129. The van der Waals surface area contributed by atoms with E-state index in [1.165, 1.54) is 73.0 Å². The summed E-state index contributed by atoms with van der Waals surface area (Å²) in [6.45, 7) is 9.02. The van der Waals surface area contributed by atoms with E-state index in [9.17, 15) is 4.79 Å². The Morgan fingerprint density at radius 1 is 1.05 bits per heavy atom. The number of hydrogen-bond acceptors (Lipinski definition) is 5. The number of likely N-dealkylation sites (tertiary alicyclic amines) is 1. The average molecular weight is 513 g/mol. The van der Waals surface area contributed by atoms with Gasteiger partial charge in [0.2, 0.25) is 5.91 Å². The smallest absolute Gasteiger partial charge is 0.219 e. The number of nitrogens with one attached hydrogen (secondary N) is 1. The highest BCUT2D eigenvalue weighted by Crippen LogP contribution is 2.41. The van der Waals surface area contributed by atoms with E-state index < -0.39 is 0 Å². The zero-order chi connectivity index (χ0) is 25.6. The number of pyridine rings is 1. The summed E-state index contributed by atoms with van der Waals surface area (Å²) in [5.74, 6) is 1.63. The van der Waals surface area contributed by atoms with Gasteiger partial charge in [-0.15, -0.1) is 0 Å². The van der Waals surface area contributed by atoms with Crippen molar-refractivity contribution in [3.05, 3.63) is 47.4 Å². The second-order valence-electron chi connectivity index (χ2n) is 12.0. The van der Waals surface area contributed by atoms with E-state index in [1.807, 2.05) is 4.90 Å². The van der Waals surface area contributed by atoms with E-state index in [1.54, 1.807) is 6.92 Å². The first-order chi connectivity index (χ1) is 18.6. The fourth-order valence-corrected chi connectivity index (χ4v) is 7.01. The van der Waals surface area contributed by atoms with Crippen LogP contribution in [-0.2, 0) is 17.8 Å². The second-order valence-corrected chi connectivity index (χ2v) is 12.0. The van der Waals surface area contributed by atoms with Gasteiger partial charge in [-0.3, -0.25) is 14.5 Å². The van der Waals surface area contributed by atoms with Gasteiger partial charge in [-0.1, -0.05) is 18.2 Å². The molecule has 2 saturated heterocycles. The number of amides is 1. The maximum absolute atomic E-state index is 12.4. The molecule has 200 valence electrons. The van der Waals surface area contributed by atoms with Crippen molar-refractivity contribution in [2.75, 3.05) is 39.3 Å². The van der Waals surface area contributed by atoms with Crippen LogP contribution in [0.15, 0.2) is 30.5 Å². The number of carbonyl (C=O) groups excluding carboxylic acids is 1. The molecule has 7 heteroatoms. The zero-order valence-electron chi connectivity index (χ0n) is 22.7. The Labute approximate surface area is 225 Å². The highest BCUT2D eigenvalue weighted by molar-refractivity contribution is 5.96. The van der Waals surface area contributed by atoms with Gasteiger partial charge < -0.3 is 15.1 Å². The first-order valence-corrected chi connectivity index (χ1v) is 14.8. The van der Waals surface area contributed by atoms with E-state index in [0.717, 1.165) is 56.1 Å². The Morgan fingerprint density at radius 3 is 2.63 bits per heavy atom. The first kappa shape index (κ1) is 24.3. The molecular formula is C31H40N6O. The molecule has 38 heavy (non-hydrogen) atoms. The monoisotopic (exact) mass is 512 g/mol. The number of aromatic nitrogens is 3. The summed E-state index contributed by atoms with van der Waals surface area (Å²) in [4.78, 5) is 21.9. The molecule has 0 atom stereocenters. The van der Waals surface area contributed by atoms with Crippen molar-refractivity contribution in [2.45, 2.75) is 70.4 Å². The van der Waals surface area contributed by atoms with Crippen LogP contribution in [0.5, 0.6) is 0 Å². The lowest BCUT2D eigenvalue weighted by Crippen LogP contribution is -2.41. The molecule has 1 saturated carbocycles. The quantitative estimate of drug-likeness (QED) is 0.545. The van der Waals surface area contributed by atoms with Gasteiger partial charge in [0.05, 0.1) is 11.7 Å². The number of rotatable bonds is 5. The normalized spacial score (nSPS) is 21.7. The van der Waals surface area contributed by atoms with Crippen LogP contribution >= 0.6 is 0 Å². The van der Waals surface area contributed by atoms with E-state index in [-0.39, 0.29) is 5.91 Å². The van der Waals surface area contributed by atoms with Crippen molar-refractivity contribution in [3.63, 3.8) is 0 Å². The molecule has 3 aliphatic heterocycles. The van der Waals surface area contributed by atoms with Crippen LogP contribution in [0.3, 0.4) is 0 Å². The Balaban J connectivity index is 1.20. The molecule has 3 fully saturated rings. The van der Waals surface area contributed by atoms with E-state index in [2.05, 4.69) is 45.4 Å². The molecule has 4 aliphatic rings. The van der Waals surface area contributed by atoms with Gasteiger partial charge >= 0.3 is 0 Å². The van der Waals surface area contributed by atoms with Gasteiger partial charge in [0.1, 0.15) is 0 Å². The Hall–Kier alpha value is -2.77. The molecule has 0 radical (unpaired) electrons. The predicted molar refractivity (Wildman–Crippen MR) is 150 cm³/mol. The molecule has 0 unspecified atom stereocenters. The molecule has 3 aromatic rings. The predicted octanol–water partition coefficient (Wildman–Crippen LogP) is 4.52. The van der Waals surface area contributed by atoms with E-state index in [0.29, 0.717) is 18.5 Å². The molecule has 0 bridgehead atoms.